The van der Waals surface area contributed by atoms with E-state index in [2.05, 4.69) is 5.32 Å². The zero-order valence-electron chi connectivity index (χ0n) is 9.85. The summed E-state index contributed by atoms with van der Waals surface area (Å²) in [6.07, 6.45) is 0.565. The maximum Gasteiger partial charge on any atom is 0.303 e. The molecule has 96 valence electrons. The molecule has 1 heterocycles. The van der Waals surface area contributed by atoms with Crippen LogP contribution in [0, 0.1) is 0 Å². The first-order valence-electron chi connectivity index (χ1n) is 5.89. The van der Waals surface area contributed by atoms with E-state index in [1.165, 1.54) is 0 Å². The minimum atomic E-state index is -0.856. The third kappa shape index (κ3) is 2.87. The van der Waals surface area contributed by atoms with Crippen molar-refractivity contribution in [3.63, 3.8) is 0 Å². The van der Waals surface area contributed by atoms with E-state index in [0.29, 0.717) is 19.3 Å². The van der Waals surface area contributed by atoms with E-state index >= 15 is 0 Å². The Bertz CT molecular complexity index is 484. The van der Waals surface area contributed by atoms with Gasteiger partial charge in [0.25, 0.3) is 0 Å². The molecule has 0 radical (unpaired) electrons. The highest BCUT2D eigenvalue weighted by Gasteiger charge is 2.19. The van der Waals surface area contributed by atoms with Gasteiger partial charge in [-0.2, -0.15) is 0 Å². The number of rotatable bonds is 5. The summed E-state index contributed by atoms with van der Waals surface area (Å²) in [7, 11) is 0. The molecule has 3 N–H and O–H groups in total. The van der Waals surface area contributed by atoms with Crippen LogP contribution in [-0.4, -0.2) is 22.1 Å². The molecular formula is C13H15NO4. The molecule has 0 saturated heterocycles. The van der Waals surface area contributed by atoms with Crippen molar-refractivity contribution in [2.45, 2.75) is 31.8 Å². The highest BCUT2D eigenvalue weighted by Crippen LogP contribution is 2.28. The monoisotopic (exact) mass is 249 g/mol. The Kier molecular flexibility index (Phi) is 3.62. The molecule has 1 aliphatic heterocycles. The molecule has 18 heavy (non-hydrogen) atoms. The molecule has 1 aliphatic rings. The number of nitrogens with one attached hydrogen (secondary N) is 1. The van der Waals surface area contributed by atoms with E-state index in [1.807, 2.05) is 0 Å². The van der Waals surface area contributed by atoms with Gasteiger partial charge in [-0.3, -0.25) is 9.59 Å². The van der Waals surface area contributed by atoms with Gasteiger partial charge in [0.2, 0.25) is 5.91 Å². The van der Waals surface area contributed by atoms with Crippen molar-refractivity contribution in [3.8, 4) is 0 Å². The predicted octanol–water partition coefficient (Wildman–Crippen LogP) is 1.47. The van der Waals surface area contributed by atoms with Crippen LogP contribution in [0.15, 0.2) is 18.2 Å². The summed E-state index contributed by atoms with van der Waals surface area (Å²) in [6, 6.07) is 5.34. The molecule has 0 saturated carbocycles. The lowest BCUT2D eigenvalue weighted by molar-refractivity contribution is -0.137. The summed E-state index contributed by atoms with van der Waals surface area (Å²) < 4.78 is 0. The molecule has 0 spiro atoms. The molecule has 0 unspecified atom stereocenters. The third-order valence-corrected chi connectivity index (χ3v) is 3.01. The summed E-state index contributed by atoms with van der Waals surface area (Å²) in [6.45, 7) is 0. The molecule has 2 rings (SSSR count). The van der Waals surface area contributed by atoms with Gasteiger partial charge in [-0.1, -0.05) is 12.1 Å². The molecule has 5 heteroatoms. The average Bonchev–Trinajstić information content (AvgIpc) is 2.67. The zero-order chi connectivity index (χ0) is 13.1. The van der Waals surface area contributed by atoms with E-state index < -0.39 is 12.1 Å². The van der Waals surface area contributed by atoms with Crippen LogP contribution in [0.3, 0.4) is 0 Å². The first-order chi connectivity index (χ1) is 8.56. The second kappa shape index (κ2) is 5.18. The van der Waals surface area contributed by atoms with Crippen molar-refractivity contribution in [2.75, 3.05) is 5.32 Å². The number of carboxylic acid groups (broad SMARTS) is 1. The van der Waals surface area contributed by atoms with Crippen LogP contribution in [-0.2, 0) is 16.0 Å². The lowest BCUT2D eigenvalue weighted by atomic mass is 10.0. The van der Waals surface area contributed by atoms with Crippen molar-refractivity contribution < 1.29 is 19.8 Å². The van der Waals surface area contributed by atoms with Gasteiger partial charge in [0.05, 0.1) is 12.5 Å². The molecule has 0 aromatic heterocycles. The first-order valence-corrected chi connectivity index (χ1v) is 5.89. The maximum atomic E-state index is 11.2. The summed E-state index contributed by atoms with van der Waals surface area (Å²) in [5.74, 6) is -0.895. The van der Waals surface area contributed by atoms with E-state index in [4.69, 9.17) is 5.11 Å². The van der Waals surface area contributed by atoms with Crippen LogP contribution < -0.4 is 5.32 Å². The van der Waals surface area contributed by atoms with Crippen LogP contribution in [0.2, 0.25) is 0 Å². The summed E-state index contributed by atoms with van der Waals surface area (Å²) in [4.78, 5) is 21.6. The highest BCUT2D eigenvalue weighted by atomic mass is 16.4. The Morgan fingerprint density at radius 1 is 1.44 bits per heavy atom. The van der Waals surface area contributed by atoms with Gasteiger partial charge in [0.1, 0.15) is 0 Å². The molecule has 1 atom stereocenters. The second-order valence-corrected chi connectivity index (χ2v) is 4.44. The Morgan fingerprint density at radius 3 is 2.94 bits per heavy atom. The number of carbonyl (C=O) groups excluding carboxylic acids is 1. The Hall–Kier alpha value is -1.88. The molecule has 1 amide bonds. The van der Waals surface area contributed by atoms with Crippen LogP contribution in [0.25, 0.3) is 0 Å². The number of aliphatic hydroxyl groups is 1. The van der Waals surface area contributed by atoms with Gasteiger partial charge in [-0.15, -0.1) is 0 Å². The van der Waals surface area contributed by atoms with Crippen LogP contribution in [0.1, 0.15) is 36.5 Å². The fourth-order valence-corrected chi connectivity index (χ4v) is 2.07. The lowest BCUT2D eigenvalue weighted by Crippen LogP contribution is -2.03. The number of aliphatic carboxylic acids is 1. The zero-order valence-corrected chi connectivity index (χ0v) is 9.85. The Balaban J connectivity index is 1.99. The van der Waals surface area contributed by atoms with E-state index in [0.717, 1.165) is 16.8 Å². The number of carbonyl (C=O) groups is 2. The van der Waals surface area contributed by atoms with Crippen LogP contribution >= 0.6 is 0 Å². The van der Waals surface area contributed by atoms with Crippen molar-refractivity contribution >= 4 is 17.6 Å². The SMILES string of the molecule is O=C(O)CCC[C@H](O)c1ccc2c(c1)CC(=O)N2. The molecule has 1 aromatic carbocycles. The minimum absolute atomic E-state index is 0.0393. The number of amides is 1. The second-order valence-electron chi connectivity index (χ2n) is 4.44. The Labute approximate surface area is 104 Å². The third-order valence-electron chi connectivity index (χ3n) is 3.01. The highest BCUT2D eigenvalue weighted by molar-refractivity contribution is 5.99. The standard InChI is InChI=1S/C13H15NO4/c15-11(2-1-3-13(17)18)8-4-5-10-9(6-8)7-12(16)14-10/h4-6,11,15H,1-3,7H2,(H,14,16)(H,17,18)/t11-/m0/s1. The van der Waals surface area contributed by atoms with Gasteiger partial charge >= 0.3 is 5.97 Å². The normalized spacial score (nSPS) is 15.1. The minimum Gasteiger partial charge on any atom is -0.481 e. The number of carboxylic acids is 1. The quantitative estimate of drug-likeness (QED) is 0.737. The number of anilines is 1. The lowest BCUT2D eigenvalue weighted by Gasteiger charge is -2.11. The summed E-state index contributed by atoms with van der Waals surface area (Å²) in [5, 5.41) is 21.2. The fraction of sp³-hybridized carbons (Fsp3) is 0.385. The van der Waals surface area contributed by atoms with Gasteiger partial charge in [0, 0.05) is 12.1 Å². The number of benzene rings is 1. The smallest absolute Gasteiger partial charge is 0.303 e. The van der Waals surface area contributed by atoms with Gasteiger partial charge < -0.3 is 15.5 Å². The number of hydrogen-bond acceptors (Lipinski definition) is 3. The van der Waals surface area contributed by atoms with Crippen molar-refractivity contribution in [1.29, 1.82) is 0 Å². The van der Waals surface area contributed by atoms with E-state index in [1.54, 1.807) is 18.2 Å². The van der Waals surface area contributed by atoms with Crippen LogP contribution in [0.5, 0.6) is 0 Å². The molecule has 0 fully saturated rings. The fourth-order valence-electron chi connectivity index (χ4n) is 2.07. The van der Waals surface area contributed by atoms with Gasteiger partial charge in [0.15, 0.2) is 0 Å². The van der Waals surface area contributed by atoms with Crippen molar-refractivity contribution in [3.05, 3.63) is 29.3 Å². The molecule has 0 bridgehead atoms. The number of hydrogen-bond donors (Lipinski definition) is 3. The number of fused-ring (bicyclic) bond motifs is 1. The predicted molar refractivity (Wildman–Crippen MR) is 65.2 cm³/mol. The van der Waals surface area contributed by atoms with Gasteiger partial charge in [-0.25, -0.2) is 0 Å². The van der Waals surface area contributed by atoms with Gasteiger partial charge in [-0.05, 0) is 30.0 Å². The number of aliphatic hydroxyl groups excluding tert-OH is 1. The van der Waals surface area contributed by atoms with E-state index in [9.17, 15) is 14.7 Å². The van der Waals surface area contributed by atoms with Crippen LogP contribution in [0.4, 0.5) is 5.69 Å². The van der Waals surface area contributed by atoms with Crippen molar-refractivity contribution in [2.24, 2.45) is 0 Å². The topological polar surface area (TPSA) is 86.6 Å². The first kappa shape index (κ1) is 12.6. The average molecular weight is 249 g/mol. The molecule has 1 aromatic rings. The molecular weight excluding hydrogens is 234 g/mol. The summed E-state index contributed by atoms with van der Waals surface area (Å²) in [5.41, 5.74) is 2.41. The molecule has 5 nitrogen and oxygen atoms in total. The summed E-state index contributed by atoms with van der Waals surface area (Å²) >= 11 is 0. The maximum absolute atomic E-state index is 11.2. The molecule has 0 aliphatic carbocycles. The van der Waals surface area contributed by atoms with Crippen molar-refractivity contribution in [1.82, 2.24) is 0 Å². The Morgan fingerprint density at radius 2 is 2.22 bits per heavy atom. The van der Waals surface area contributed by atoms with E-state index in [-0.39, 0.29) is 12.3 Å². The largest absolute Gasteiger partial charge is 0.481 e.